The van der Waals surface area contributed by atoms with E-state index in [2.05, 4.69) is 34.2 Å². The van der Waals surface area contributed by atoms with Crippen molar-refractivity contribution in [3.8, 4) is 16.9 Å². The van der Waals surface area contributed by atoms with Crippen LogP contribution in [0.3, 0.4) is 0 Å². The van der Waals surface area contributed by atoms with E-state index < -0.39 is 0 Å². The van der Waals surface area contributed by atoms with Crippen LogP contribution in [0.5, 0.6) is 5.75 Å². The largest absolute Gasteiger partial charge is 0.486 e. The molecule has 0 radical (unpaired) electrons. The van der Waals surface area contributed by atoms with Gasteiger partial charge >= 0.3 is 0 Å². The first-order chi connectivity index (χ1) is 13.2. The molecule has 0 aliphatic rings. The van der Waals surface area contributed by atoms with Crippen LogP contribution in [-0.2, 0) is 13.0 Å². The van der Waals surface area contributed by atoms with Crippen molar-refractivity contribution in [2.24, 2.45) is 0 Å². The Morgan fingerprint density at radius 3 is 2.59 bits per heavy atom. The quantitative estimate of drug-likeness (QED) is 0.524. The Kier molecular flexibility index (Phi) is 4.90. The summed E-state index contributed by atoms with van der Waals surface area (Å²) in [5, 5.41) is 9.78. The van der Waals surface area contributed by atoms with Crippen molar-refractivity contribution in [2.45, 2.75) is 26.1 Å². The third-order valence-electron chi connectivity index (χ3n) is 4.49. The molecule has 0 spiro atoms. The van der Waals surface area contributed by atoms with Crippen LogP contribution in [-0.4, -0.2) is 21.2 Å². The van der Waals surface area contributed by atoms with E-state index in [0.29, 0.717) is 13.0 Å². The number of fused-ring (bicyclic) bond motifs is 1. The first-order valence-electron chi connectivity index (χ1n) is 9.12. The number of H-pyrrole nitrogens is 1. The monoisotopic (exact) mass is 358 g/mol. The molecule has 0 amide bonds. The maximum Gasteiger partial charge on any atom is 0.146 e. The fourth-order valence-corrected chi connectivity index (χ4v) is 3.26. The van der Waals surface area contributed by atoms with Crippen LogP contribution < -0.4 is 4.74 Å². The zero-order chi connectivity index (χ0) is 18.6. The van der Waals surface area contributed by atoms with E-state index in [4.69, 9.17) is 4.74 Å². The van der Waals surface area contributed by atoms with Gasteiger partial charge in [-0.05, 0) is 54.3 Å². The van der Waals surface area contributed by atoms with Crippen molar-refractivity contribution in [1.29, 1.82) is 0 Å². The molecule has 0 bridgehead atoms. The van der Waals surface area contributed by atoms with Crippen LogP contribution >= 0.6 is 0 Å². The fraction of sp³-hybridized carbons (Fsp3) is 0.174. The lowest BCUT2D eigenvalue weighted by Gasteiger charge is -2.11. The van der Waals surface area contributed by atoms with Crippen molar-refractivity contribution < 1.29 is 9.84 Å². The molecule has 4 heteroatoms. The molecule has 0 saturated carbocycles. The Hall–Kier alpha value is -3.11. The Morgan fingerprint density at radius 2 is 1.78 bits per heavy atom. The summed E-state index contributed by atoms with van der Waals surface area (Å²) in [5.74, 6) is 1.62. The lowest BCUT2D eigenvalue weighted by atomic mass is 9.96. The summed E-state index contributed by atoms with van der Waals surface area (Å²) in [7, 11) is 0. The average molecular weight is 358 g/mol. The molecule has 136 valence electrons. The molecule has 0 fully saturated rings. The molecule has 0 aliphatic carbocycles. The number of nitrogens with zero attached hydrogens (tertiary/aromatic N) is 1. The van der Waals surface area contributed by atoms with Gasteiger partial charge in [0.2, 0.25) is 0 Å². The second-order valence-electron chi connectivity index (χ2n) is 6.73. The van der Waals surface area contributed by atoms with Crippen LogP contribution in [0.2, 0.25) is 0 Å². The molecule has 1 heterocycles. The summed E-state index contributed by atoms with van der Waals surface area (Å²) in [6.45, 7) is 2.21. The number of rotatable bonds is 6. The van der Waals surface area contributed by atoms with Crippen LogP contribution in [0.25, 0.3) is 22.2 Å². The van der Waals surface area contributed by atoms with Crippen molar-refractivity contribution in [3.63, 3.8) is 0 Å². The lowest BCUT2D eigenvalue weighted by molar-refractivity contribution is 0.195. The number of aliphatic hydroxyl groups excluding tert-OH is 1. The maximum absolute atomic E-state index is 9.78. The smallest absolute Gasteiger partial charge is 0.146 e. The van der Waals surface area contributed by atoms with Crippen LogP contribution in [0.4, 0.5) is 0 Å². The van der Waals surface area contributed by atoms with Crippen LogP contribution in [0, 0.1) is 0 Å². The number of benzene rings is 3. The van der Waals surface area contributed by atoms with Gasteiger partial charge in [0.25, 0.3) is 0 Å². The summed E-state index contributed by atoms with van der Waals surface area (Å²) in [6, 6.07) is 24.1. The molecular weight excluding hydrogens is 336 g/mol. The number of imidazole rings is 1. The van der Waals surface area contributed by atoms with Gasteiger partial charge in [0.1, 0.15) is 18.2 Å². The molecule has 1 aromatic heterocycles. The first-order valence-corrected chi connectivity index (χ1v) is 9.12. The summed E-state index contributed by atoms with van der Waals surface area (Å²) in [4.78, 5) is 7.96. The first kappa shape index (κ1) is 17.3. The number of ether oxygens (including phenoxy) is 1. The summed E-state index contributed by atoms with van der Waals surface area (Å²) < 4.78 is 5.78. The molecule has 1 unspecified atom stereocenters. The molecule has 1 atom stereocenters. The average Bonchev–Trinajstić information content (AvgIpc) is 3.09. The highest BCUT2D eigenvalue weighted by Crippen LogP contribution is 2.27. The minimum absolute atomic E-state index is 0.372. The van der Waals surface area contributed by atoms with Gasteiger partial charge in [-0.1, -0.05) is 48.5 Å². The predicted molar refractivity (Wildman–Crippen MR) is 108 cm³/mol. The molecule has 4 rings (SSSR count). The Morgan fingerprint density at radius 1 is 1.00 bits per heavy atom. The van der Waals surface area contributed by atoms with Crippen LogP contribution in [0.15, 0.2) is 72.8 Å². The summed E-state index contributed by atoms with van der Waals surface area (Å²) in [6.07, 6.45) is 0.261. The van der Waals surface area contributed by atoms with Gasteiger partial charge in [-0.25, -0.2) is 4.98 Å². The topological polar surface area (TPSA) is 58.1 Å². The van der Waals surface area contributed by atoms with Gasteiger partial charge in [-0.2, -0.15) is 0 Å². The molecule has 3 aromatic carbocycles. The molecule has 4 aromatic rings. The SMILES string of the molecule is CC(O)Cc1ccccc1-c1ccc2nc(COc3ccccc3)[nH]c2c1. The van der Waals surface area contributed by atoms with E-state index in [1.807, 2.05) is 55.5 Å². The van der Waals surface area contributed by atoms with Gasteiger partial charge in [0, 0.05) is 0 Å². The van der Waals surface area contributed by atoms with Gasteiger partial charge in [-0.15, -0.1) is 0 Å². The normalized spacial score (nSPS) is 12.2. The van der Waals surface area contributed by atoms with Gasteiger partial charge in [0.15, 0.2) is 0 Å². The molecular formula is C23H22N2O2. The molecule has 0 saturated heterocycles. The number of aliphatic hydroxyl groups is 1. The number of nitrogens with one attached hydrogen (secondary N) is 1. The fourth-order valence-electron chi connectivity index (χ4n) is 3.26. The molecule has 0 aliphatic heterocycles. The van der Waals surface area contributed by atoms with Crippen molar-refractivity contribution in [2.75, 3.05) is 0 Å². The molecule has 4 nitrogen and oxygen atoms in total. The highest BCUT2D eigenvalue weighted by molar-refractivity contribution is 5.82. The predicted octanol–water partition coefficient (Wildman–Crippen LogP) is 4.73. The zero-order valence-corrected chi connectivity index (χ0v) is 15.2. The van der Waals surface area contributed by atoms with E-state index in [0.717, 1.165) is 39.3 Å². The Balaban J connectivity index is 1.60. The van der Waals surface area contributed by atoms with E-state index in [1.54, 1.807) is 0 Å². The van der Waals surface area contributed by atoms with E-state index in [-0.39, 0.29) is 6.10 Å². The van der Waals surface area contributed by atoms with Gasteiger partial charge < -0.3 is 14.8 Å². The minimum atomic E-state index is -0.372. The summed E-state index contributed by atoms with van der Waals surface area (Å²) in [5.41, 5.74) is 5.28. The van der Waals surface area contributed by atoms with E-state index >= 15 is 0 Å². The summed E-state index contributed by atoms with van der Waals surface area (Å²) >= 11 is 0. The number of hydrogen-bond donors (Lipinski definition) is 2. The standard InChI is InChI=1S/C23H22N2O2/c1-16(26)13-17-7-5-6-10-20(17)18-11-12-21-22(14-18)25-23(24-21)15-27-19-8-3-2-4-9-19/h2-12,14,16,26H,13,15H2,1H3,(H,24,25). The second-order valence-corrected chi connectivity index (χ2v) is 6.73. The third kappa shape index (κ3) is 4.01. The number of para-hydroxylation sites is 1. The van der Waals surface area contributed by atoms with E-state index in [9.17, 15) is 5.11 Å². The number of aromatic nitrogens is 2. The molecule has 2 N–H and O–H groups in total. The zero-order valence-electron chi connectivity index (χ0n) is 15.2. The van der Waals surface area contributed by atoms with Crippen molar-refractivity contribution in [1.82, 2.24) is 9.97 Å². The van der Waals surface area contributed by atoms with Gasteiger partial charge in [0.05, 0.1) is 17.1 Å². The number of hydrogen-bond acceptors (Lipinski definition) is 3. The van der Waals surface area contributed by atoms with Gasteiger partial charge in [-0.3, -0.25) is 0 Å². The maximum atomic E-state index is 9.78. The highest BCUT2D eigenvalue weighted by Gasteiger charge is 2.10. The van der Waals surface area contributed by atoms with Crippen molar-refractivity contribution in [3.05, 3.63) is 84.2 Å². The highest BCUT2D eigenvalue weighted by atomic mass is 16.5. The van der Waals surface area contributed by atoms with Crippen molar-refractivity contribution >= 4 is 11.0 Å². The molecule has 27 heavy (non-hydrogen) atoms. The number of aromatic amines is 1. The Bertz CT molecular complexity index is 1040. The minimum Gasteiger partial charge on any atom is -0.486 e. The second kappa shape index (κ2) is 7.64. The lowest BCUT2D eigenvalue weighted by Crippen LogP contribution is -2.05. The van der Waals surface area contributed by atoms with Crippen LogP contribution in [0.1, 0.15) is 18.3 Å². The third-order valence-corrected chi connectivity index (χ3v) is 4.49. The Labute approximate surface area is 158 Å². The van der Waals surface area contributed by atoms with E-state index in [1.165, 1.54) is 0 Å².